The molecule has 1 atom stereocenters. The molecule has 0 bridgehead atoms. The number of benzene rings is 5. The molecule has 0 amide bonds. The van der Waals surface area contributed by atoms with E-state index < -0.39 is 5.60 Å². The van der Waals surface area contributed by atoms with Crippen molar-refractivity contribution in [3.8, 4) is 17.2 Å². The SMILES string of the molecule is COc1ccc(C(O)(c2ccccc2)c2ccc(O)cc2)cc1.O=C(c1ccccc1)c1ccc(O)cc1. The molecule has 0 spiro atoms. The highest BCUT2D eigenvalue weighted by molar-refractivity contribution is 6.08. The minimum atomic E-state index is -1.30. The fourth-order valence-electron chi connectivity index (χ4n) is 4.08. The molecule has 0 aromatic heterocycles. The van der Waals surface area contributed by atoms with E-state index in [1.165, 1.54) is 12.1 Å². The van der Waals surface area contributed by atoms with Crippen LogP contribution >= 0.6 is 0 Å². The molecule has 5 aromatic rings. The minimum Gasteiger partial charge on any atom is -0.508 e. The molecule has 0 aliphatic rings. The number of phenols is 2. The first-order chi connectivity index (χ1) is 18.4. The number of methoxy groups -OCH3 is 1. The lowest BCUT2D eigenvalue weighted by atomic mass is 9.80. The summed E-state index contributed by atoms with van der Waals surface area (Å²) < 4.78 is 5.19. The third-order valence-corrected chi connectivity index (χ3v) is 6.15. The van der Waals surface area contributed by atoms with Gasteiger partial charge in [0.2, 0.25) is 0 Å². The van der Waals surface area contributed by atoms with Crippen molar-refractivity contribution in [1.82, 2.24) is 0 Å². The number of ether oxygens (including phenoxy) is 1. The summed E-state index contributed by atoms with van der Waals surface area (Å²) in [5.74, 6) is 1.03. The second kappa shape index (κ2) is 11.9. The fraction of sp³-hybridized carbons (Fsp3) is 0.0606. The molecule has 0 radical (unpaired) electrons. The van der Waals surface area contributed by atoms with Gasteiger partial charge in [0.05, 0.1) is 7.11 Å². The Morgan fingerprint density at radius 2 is 0.947 bits per heavy atom. The first-order valence-corrected chi connectivity index (χ1v) is 12.0. The summed E-state index contributed by atoms with van der Waals surface area (Å²) in [6, 6.07) is 38.7. The molecule has 5 heteroatoms. The van der Waals surface area contributed by atoms with Crippen LogP contribution in [0.2, 0.25) is 0 Å². The van der Waals surface area contributed by atoms with Crippen LogP contribution in [-0.2, 0) is 5.60 Å². The van der Waals surface area contributed by atoms with Gasteiger partial charge in [-0.1, -0.05) is 84.9 Å². The number of hydrogen-bond acceptors (Lipinski definition) is 5. The molecule has 0 aliphatic carbocycles. The van der Waals surface area contributed by atoms with E-state index >= 15 is 0 Å². The normalized spacial score (nSPS) is 11.9. The standard InChI is InChI=1S/C20H18O3.C13H10O2/c1-23-19-13-9-17(10-14-19)20(22,15-5-3-2-4-6-15)16-7-11-18(21)12-8-16;14-12-8-6-11(7-9-12)13(15)10-4-2-1-3-5-10/h2-14,21-22H,1H3;1-9,14H. The third-order valence-electron chi connectivity index (χ3n) is 6.15. The van der Waals surface area contributed by atoms with Crippen LogP contribution in [0.3, 0.4) is 0 Å². The Bertz CT molecular complexity index is 1450. The molecule has 1 unspecified atom stereocenters. The number of phenolic OH excluding ortho intramolecular Hbond substituents is 2. The molecular formula is C33H28O5. The summed E-state index contributed by atoms with van der Waals surface area (Å²) in [7, 11) is 1.61. The van der Waals surface area contributed by atoms with E-state index in [4.69, 9.17) is 9.84 Å². The highest BCUT2D eigenvalue weighted by Crippen LogP contribution is 2.37. The van der Waals surface area contributed by atoms with Crippen LogP contribution in [-0.4, -0.2) is 28.2 Å². The van der Waals surface area contributed by atoms with Gasteiger partial charge in [0.15, 0.2) is 5.78 Å². The van der Waals surface area contributed by atoms with E-state index in [1.807, 2.05) is 72.8 Å². The third kappa shape index (κ3) is 5.91. The number of carbonyl (C=O) groups is 1. The average Bonchev–Trinajstić information content (AvgIpc) is 2.98. The molecule has 0 heterocycles. The molecule has 5 aromatic carbocycles. The first-order valence-electron chi connectivity index (χ1n) is 12.0. The molecule has 0 fully saturated rings. The summed E-state index contributed by atoms with van der Waals surface area (Å²) in [5, 5.41) is 30.2. The maximum Gasteiger partial charge on any atom is 0.193 e. The average molecular weight is 505 g/mol. The smallest absolute Gasteiger partial charge is 0.193 e. The van der Waals surface area contributed by atoms with Gasteiger partial charge in [-0.2, -0.15) is 0 Å². The molecule has 3 N–H and O–H groups in total. The minimum absolute atomic E-state index is 0.0319. The van der Waals surface area contributed by atoms with Gasteiger partial charge < -0.3 is 20.1 Å². The number of hydrogen-bond donors (Lipinski definition) is 3. The Kier molecular flexibility index (Phi) is 8.21. The predicted octanol–water partition coefficient (Wildman–Crippen LogP) is 6.31. The Labute approximate surface area is 221 Å². The van der Waals surface area contributed by atoms with Gasteiger partial charge in [-0.05, 0) is 65.2 Å². The van der Waals surface area contributed by atoms with Crippen LogP contribution in [0.1, 0.15) is 32.6 Å². The van der Waals surface area contributed by atoms with Gasteiger partial charge in [0.25, 0.3) is 0 Å². The lowest BCUT2D eigenvalue weighted by molar-refractivity contribution is 0.103. The summed E-state index contributed by atoms with van der Waals surface area (Å²) in [6.45, 7) is 0. The number of rotatable bonds is 6. The van der Waals surface area contributed by atoms with Gasteiger partial charge in [-0.15, -0.1) is 0 Å². The van der Waals surface area contributed by atoms with E-state index in [0.29, 0.717) is 16.7 Å². The monoisotopic (exact) mass is 504 g/mol. The van der Waals surface area contributed by atoms with Gasteiger partial charge in [0, 0.05) is 11.1 Å². The van der Waals surface area contributed by atoms with Crippen molar-refractivity contribution in [2.24, 2.45) is 0 Å². The Morgan fingerprint density at radius 1 is 0.553 bits per heavy atom. The summed E-state index contributed by atoms with van der Waals surface area (Å²) in [6.07, 6.45) is 0. The van der Waals surface area contributed by atoms with Crippen molar-refractivity contribution in [3.63, 3.8) is 0 Å². The van der Waals surface area contributed by atoms with Crippen LogP contribution in [0.4, 0.5) is 0 Å². The van der Waals surface area contributed by atoms with Crippen LogP contribution in [0.15, 0.2) is 133 Å². The van der Waals surface area contributed by atoms with Crippen molar-refractivity contribution in [2.75, 3.05) is 7.11 Å². The zero-order chi connectivity index (χ0) is 27.0. The summed E-state index contributed by atoms with van der Waals surface area (Å²) in [4.78, 5) is 11.9. The predicted molar refractivity (Wildman–Crippen MR) is 148 cm³/mol. The second-order valence-electron chi connectivity index (χ2n) is 8.59. The molecule has 38 heavy (non-hydrogen) atoms. The summed E-state index contributed by atoms with van der Waals surface area (Å²) in [5.41, 5.74) is 2.11. The van der Waals surface area contributed by atoms with Crippen LogP contribution in [0.5, 0.6) is 17.2 Å². The Balaban J connectivity index is 0.000000194. The van der Waals surface area contributed by atoms with E-state index in [0.717, 1.165) is 16.9 Å². The highest BCUT2D eigenvalue weighted by atomic mass is 16.5. The second-order valence-corrected chi connectivity index (χ2v) is 8.59. The van der Waals surface area contributed by atoms with Crippen molar-refractivity contribution < 1.29 is 24.9 Å². The van der Waals surface area contributed by atoms with E-state index in [-0.39, 0.29) is 17.3 Å². The van der Waals surface area contributed by atoms with Gasteiger partial charge in [-0.3, -0.25) is 4.79 Å². The quantitative estimate of drug-likeness (QED) is 0.186. The van der Waals surface area contributed by atoms with Crippen LogP contribution in [0.25, 0.3) is 0 Å². The Morgan fingerprint density at radius 3 is 1.45 bits per heavy atom. The van der Waals surface area contributed by atoms with Gasteiger partial charge >= 0.3 is 0 Å². The van der Waals surface area contributed by atoms with Crippen molar-refractivity contribution in [2.45, 2.75) is 5.60 Å². The number of aromatic hydroxyl groups is 2. The number of carbonyl (C=O) groups excluding carboxylic acids is 1. The zero-order valence-corrected chi connectivity index (χ0v) is 20.9. The Hall–Kier alpha value is -4.87. The largest absolute Gasteiger partial charge is 0.508 e. The van der Waals surface area contributed by atoms with E-state index in [9.17, 15) is 15.0 Å². The van der Waals surface area contributed by atoms with Crippen molar-refractivity contribution >= 4 is 5.78 Å². The number of ketones is 1. The molecular weight excluding hydrogens is 476 g/mol. The molecule has 190 valence electrons. The maximum absolute atomic E-state index is 11.9. The molecule has 5 rings (SSSR count). The number of aliphatic hydroxyl groups is 1. The van der Waals surface area contributed by atoms with Crippen molar-refractivity contribution in [3.05, 3.63) is 161 Å². The molecule has 0 aliphatic heterocycles. The van der Waals surface area contributed by atoms with Crippen molar-refractivity contribution in [1.29, 1.82) is 0 Å². The molecule has 0 saturated heterocycles. The molecule has 0 saturated carbocycles. The van der Waals surface area contributed by atoms with Gasteiger partial charge in [-0.25, -0.2) is 0 Å². The maximum atomic E-state index is 11.9. The van der Waals surface area contributed by atoms with Crippen LogP contribution in [0, 0.1) is 0 Å². The first kappa shape index (κ1) is 26.2. The lowest BCUT2D eigenvalue weighted by Crippen LogP contribution is -2.28. The van der Waals surface area contributed by atoms with Gasteiger partial charge in [0.1, 0.15) is 22.8 Å². The topological polar surface area (TPSA) is 87.0 Å². The lowest BCUT2D eigenvalue weighted by Gasteiger charge is -2.30. The van der Waals surface area contributed by atoms with E-state index in [1.54, 1.807) is 55.6 Å². The summed E-state index contributed by atoms with van der Waals surface area (Å²) >= 11 is 0. The van der Waals surface area contributed by atoms with Crippen LogP contribution < -0.4 is 4.74 Å². The molecule has 5 nitrogen and oxygen atoms in total. The fourth-order valence-corrected chi connectivity index (χ4v) is 4.08. The zero-order valence-electron chi connectivity index (χ0n) is 20.9. The van der Waals surface area contributed by atoms with E-state index in [2.05, 4.69) is 0 Å². The highest BCUT2D eigenvalue weighted by Gasteiger charge is 2.33.